The number of rotatable bonds is 5. The molecule has 0 aliphatic heterocycles. The molecule has 0 bridgehead atoms. The van der Waals surface area contributed by atoms with Gasteiger partial charge in [-0.2, -0.15) is 13.2 Å². The normalized spacial score (nSPS) is 12.7. The third-order valence-electron chi connectivity index (χ3n) is 3.75. The Morgan fingerprint density at radius 1 is 1.12 bits per heavy atom. The van der Waals surface area contributed by atoms with Crippen molar-refractivity contribution in [3.05, 3.63) is 71.0 Å². The summed E-state index contributed by atoms with van der Waals surface area (Å²) in [5, 5.41) is 2.52. The predicted octanol–water partition coefficient (Wildman–Crippen LogP) is 4.65. The molecular formula is C18H17F4NO. The van der Waals surface area contributed by atoms with Crippen LogP contribution >= 0.6 is 0 Å². The van der Waals surface area contributed by atoms with Crippen molar-refractivity contribution in [2.75, 3.05) is 0 Å². The zero-order valence-electron chi connectivity index (χ0n) is 13.0. The number of carbonyl (C=O) groups excluding carboxylic acids is 1. The first-order chi connectivity index (χ1) is 11.3. The summed E-state index contributed by atoms with van der Waals surface area (Å²) in [6.07, 6.45) is -4.02. The van der Waals surface area contributed by atoms with Gasteiger partial charge in [0.05, 0.1) is 11.5 Å². The van der Waals surface area contributed by atoms with Gasteiger partial charge in [0.1, 0.15) is 5.82 Å². The molecule has 0 spiro atoms. The summed E-state index contributed by atoms with van der Waals surface area (Å²) in [6, 6.07) is 11.2. The highest BCUT2D eigenvalue weighted by Crippen LogP contribution is 2.30. The maximum atomic E-state index is 13.7. The highest BCUT2D eigenvalue weighted by Gasteiger charge is 2.31. The fraction of sp³-hybridized carbons (Fsp3) is 0.278. The van der Waals surface area contributed by atoms with Gasteiger partial charge in [-0.05, 0) is 30.2 Å². The molecule has 0 saturated carbocycles. The van der Waals surface area contributed by atoms with Crippen LogP contribution in [0.5, 0.6) is 0 Å². The lowest BCUT2D eigenvalue weighted by atomic mass is 9.95. The molecule has 0 unspecified atom stereocenters. The molecule has 6 heteroatoms. The van der Waals surface area contributed by atoms with E-state index in [4.69, 9.17) is 0 Å². The van der Waals surface area contributed by atoms with E-state index in [9.17, 15) is 22.4 Å². The van der Waals surface area contributed by atoms with Crippen LogP contribution in [-0.4, -0.2) is 5.91 Å². The van der Waals surface area contributed by atoms with Gasteiger partial charge in [0.25, 0.3) is 0 Å². The molecule has 0 saturated heterocycles. The maximum absolute atomic E-state index is 13.7. The monoisotopic (exact) mass is 339 g/mol. The van der Waals surface area contributed by atoms with Crippen molar-refractivity contribution in [1.29, 1.82) is 0 Å². The lowest BCUT2D eigenvalue weighted by Crippen LogP contribution is -2.29. The quantitative estimate of drug-likeness (QED) is 0.789. The van der Waals surface area contributed by atoms with Crippen LogP contribution in [0.25, 0.3) is 0 Å². The van der Waals surface area contributed by atoms with Crippen LogP contribution in [0.4, 0.5) is 17.6 Å². The van der Waals surface area contributed by atoms with E-state index in [1.807, 2.05) is 13.0 Å². The van der Waals surface area contributed by atoms with Crippen molar-refractivity contribution in [3.8, 4) is 0 Å². The molecule has 0 aliphatic carbocycles. The van der Waals surface area contributed by atoms with Crippen molar-refractivity contribution >= 4 is 5.91 Å². The summed E-state index contributed by atoms with van der Waals surface area (Å²) < 4.78 is 51.8. The lowest BCUT2D eigenvalue weighted by Gasteiger charge is -2.16. The Hall–Kier alpha value is -2.37. The van der Waals surface area contributed by atoms with E-state index in [2.05, 4.69) is 5.32 Å². The Balaban J connectivity index is 2.11. The van der Waals surface area contributed by atoms with E-state index in [0.717, 1.165) is 17.7 Å². The number of hydrogen-bond donors (Lipinski definition) is 1. The minimum atomic E-state index is -4.55. The number of alkyl halides is 3. The van der Waals surface area contributed by atoms with Crippen LogP contribution < -0.4 is 5.32 Å². The smallest absolute Gasteiger partial charge is 0.351 e. The van der Waals surface area contributed by atoms with Gasteiger partial charge in [-0.3, -0.25) is 4.79 Å². The predicted molar refractivity (Wildman–Crippen MR) is 82.7 cm³/mol. The van der Waals surface area contributed by atoms with Crippen molar-refractivity contribution in [1.82, 2.24) is 5.32 Å². The van der Waals surface area contributed by atoms with E-state index < -0.39 is 23.5 Å². The molecule has 1 N–H and O–H groups in total. The van der Waals surface area contributed by atoms with Crippen molar-refractivity contribution in [3.63, 3.8) is 0 Å². The maximum Gasteiger partial charge on any atom is 0.416 e. The van der Waals surface area contributed by atoms with Gasteiger partial charge in [0, 0.05) is 12.1 Å². The van der Waals surface area contributed by atoms with E-state index in [0.29, 0.717) is 12.5 Å². The molecule has 0 heterocycles. The van der Waals surface area contributed by atoms with Crippen LogP contribution in [0.1, 0.15) is 36.0 Å². The van der Waals surface area contributed by atoms with Crippen LogP contribution in [0, 0.1) is 5.82 Å². The van der Waals surface area contributed by atoms with Gasteiger partial charge in [0.15, 0.2) is 0 Å². The minimum Gasteiger partial charge on any atom is -0.351 e. The van der Waals surface area contributed by atoms with Crippen molar-refractivity contribution in [2.45, 2.75) is 32.0 Å². The van der Waals surface area contributed by atoms with E-state index in [1.54, 1.807) is 24.3 Å². The largest absolute Gasteiger partial charge is 0.416 e. The summed E-state index contributed by atoms with van der Waals surface area (Å²) in [4.78, 5) is 12.3. The van der Waals surface area contributed by atoms with Crippen LogP contribution in [0.15, 0.2) is 48.5 Å². The molecule has 2 rings (SSSR count). The average Bonchev–Trinajstić information content (AvgIpc) is 2.54. The molecule has 2 aromatic carbocycles. The molecule has 2 aromatic rings. The Morgan fingerprint density at radius 3 is 2.38 bits per heavy atom. The van der Waals surface area contributed by atoms with Gasteiger partial charge >= 0.3 is 6.18 Å². The number of amides is 1. The van der Waals surface area contributed by atoms with Crippen LogP contribution in [-0.2, 0) is 17.5 Å². The molecule has 1 amide bonds. The van der Waals surface area contributed by atoms with Crippen molar-refractivity contribution < 1.29 is 22.4 Å². The molecule has 0 aliphatic rings. The molecule has 0 radical (unpaired) electrons. The van der Waals surface area contributed by atoms with Gasteiger partial charge in [-0.15, -0.1) is 0 Å². The lowest BCUT2D eigenvalue weighted by molar-refractivity contribution is -0.137. The molecule has 128 valence electrons. The first kappa shape index (κ1) is 18.0. The molecule has 0 aromatic heterocycles. The topological polar surface area (TPSA) is 29.1 Å². The molecular weight excluding hydrogens is 322 g/mol. The second-order valence-corrected chi connectivity index (χ2v) is 5.39. The average molecular weight is 339 g/mol. The third-order valence-corrected chi connectivity index (χ3v) is 3.75. The standard InChI is InChI=1S/C18H17F4NO/c1-2-15(12-6-4-3-5-7-12)17(24)23-11-13-10-14(18(20,21)22)8-9-16(13)19/h3-10,15H,2,11H2,1H3,(H,23,24)/t15-/m1/s1. The number of halogens is 4. The molecule has 0 fully saturated rings. The number of carbonyl (C=O) groups is 1. The van der Waals surface area contributed by atoms with Crippen LogP contribution in [0.2, 0.25) is 0 Å². The number of hydrogen-bond acceptors (Lipinski definition) is 1. The number of nitrogens with one attached hydrogen (secondary N) is 1. The second kappa shape index (κ2) is 7.47. The first-order valence-electron chi connectivity index (χ1n) is 7.51. The summed E-state index contributed by atoms with van der Waals surface area (Å²) >= 11 is 0. The Labute approximate surface area is 137 Å². The van der Waals surface area contributed by atoms with Crippen molar-refractivity contribution in [2.24, 2.45) is 0 Å². The second-order valence-electron chi connectivity index (χ2n) is 5.39. The molecule has 1 atom stereocenters. The summed E-state index contributed by atoms with van der Waals surface area (Å²) in [5.74, 6) is -1.56. The van der Waals surface area contributed by atoms with Gasteiger partial charge < -0.3 is 5.32 Å². The van der Waals surface area contributed by atoms with E-state index in [-0.39, 0.29) is 18.0 Å². The van der Waals surface area contributed by atoms with E-state index >= 15 is 0 Å². The fourth-order valence-corrected chi connectivity index (χ4v) is 2.45. The van der Waals surface area contributed by atoms with Gasteiger partial charge in [0.2, 0.25) is 5.91 Å². The molecule has 24 heavy (non-hydrogen) atoms. The zero-order valence-corrected chi connectivity index (χ0v) is 13.0. The summed E-state index contributed by atoms with van der Waals surface area (Å²) in [7, 11) is 0. The number of benzene rings is 2. The van der Waals surface area contributed by atoms with Gasteiger partial charge in [-0.1, -0.05) is 37.3 Å². The first-order valence-corrected chi connectivity index (χ1v) is 7.51. The summed E-state index contributed by atoms with van der Waals surface area (Å²) in [6.45, 7) is 1.54. The van der Waals surface area contributed by atoms with E-state index in [1.165, 1.54) is 0 Å². The zero-order chi connectivity index (χ0) is 17.7. The minimum absolute atomic E-state index is 0.193. The SMILES string of the molecule is CC[C@@H](C(=O)NCc1cc(C(F)(F)F)ccc1F)c1ccccc1. The fourth-order valence-electron chi connectivity index (χ4n) is 2.45. The highest BCUT2D eigenvalue weighted by atomic mass is 19.4. The third kappa shape index (κ3) is 4.34. The Kier molecular flexibility index (Phi) is 5.59. The Morgan fingerprint density at radius 2 is 1.79 bits per heavy atom. The highest BCUT2D eigenvalue weighted by molar-refractivity contribution is 5.83. The van der Waals surface area contributed by atoms with Gasteiger partial charge in [-0.25, -0.2) is 4.39 Å². The van der Waals surface area contributed by atoms with Crippen LogP contribution in [0.3, 0.4) is 0 Å². The molecule has 2 nitrogen and oxygen atoms in total. The summed E-state index contributed by atoms with van der Waals surface area (Å²) in [5.41, 5.74) is -0.327. The Bertz CT molecular complexity index is 698.